The standard InChI is InChI=1S/C21H23FN6O/c1-13-11-23-21(24-18(13)15-5-3-4-6-16(15)22)28-10-9-27(2)17(12-28)20-25-19(26-29-20)14-7-8-14/h3-6,11,14,17H,7-10,12H2,1-2H3. The van der Waals surface area contributed by atoms with Crippen LogP contribution in [0.4, 0.5) is 10.3 Å². The highest BCUT2D eigenvalue weighted by Crippen LogP contribution is 2.39. The molecule has 1 saturated carbocycles. The van der Waals surface area contributed by atoms with E-state index in [9.17, 15) is 4.39 Å². The smallest absolute Gasteiger partial charge is 0.245 e. The van der Waals surface area contributed by atoms with Crippen LogP contribution in [0.3, 0.4) is 0 Å². The SMILES string of the molecule is Cc1cnc(N2CCN(C)C(c3nc(C4CC4)no3)C2)nc1-c1ccccc1F. The number of halogens is 1. The molecule has 0 amide bonds. The van der Waals surface area contributed by atoms with E-state index in [-0.39, 0.29) is 11.9 Å². The molecule has 150 valence electrons. The van der Waals surface area contributed by atoms with Crippen molar-refractivity contribution in [3.63, 3.8) is 0 Å². The zero-order valence-electron chi connectivity index (χ0n) is 16.5. The largest absolute Gasteiger partial charge is 0.338 e. The van der Waals surface area contributed by atoms with E-state index in [0.29, 0.717) is 35.6 Å². The van der Waals surface area contributed by atoms with Gasteiger partial charge in [-0.2, -0.15) is 4.98 Å². The first-order chi connectivity index (χ1) is 14.1. The number of anilines is 1. The zero-order chi connectivity index (χ0) is 20.0. The van der Waals surface area contributed by atoms with Gasteiger partial charge in [0.15, 0.2) is 5.82 Å². The van der Waals surface area contributed by atoms with Gasteiger partial charge in [-0.05, 0) is 44.5 Å². The van der Waals surface area contributed by atoms with Gasteiger partial charge in [-0.15, -0.1) is 0 Å². The van der Waals surface area contributed by atoms with Crippen LogP contribution in [-0.2, 0) is 0 Å². The van der Waals surface area contributed by atoms with Crippen molar-refractivity contribution in [3.8, 4) is 11.3 Å². The van der Waals surface area contributed by atoms with Crippen LogP contribution in [-0.4, -0.2) is 51.7 Å². The van der Waals surface area contributed by atoms with Crippen molar-refractivity contribution < 1.29 is 8.91 Å². The van der Waals surface area contributed by atoms with E-state index in [4.69, 9.17) is 9.51 Å². The molecule has 0 spiro atoms. The lowest BCUT2D eigenvalue weighted by molar-refractivity contribution is 0.177. The summed E-state index contributed by atoms with van der Waals surface area (Å²) in [6.45, 7) is 4.13. The van der Waals surface area contributed by atoms with Gasteiger partial charge >= 0.3 is 0 Å². The molecular weight excluding hydrogens is 371 g/mol. The summed E-state index contributed by atoms with van der Waals surface area (Å²) in [7, 11) is 2.06. The summed E-state index contributed by atoms with van der Waals surface area (Å²) >= 11 is 0. The van der Waals surface area contributed by atoms with Crippen LogP contribution in [0.25, 0.3) is 11.3 Å². The van der Waals surface area contributed by atoms with E-state index in [1.165, 1.54) is 6.07 Å². The first-order valence-corrected chi connectivity index (χ1v) is 9.97. The van der Waals surface area contributed by atoms with Crippen LogP contribution in [0, 0.1) is 12.7 Å². The minimum absolute atomic E-state index is 0.0226. The van der Waals surface area contributed by atoms with Gasteiger partial charge in [0.25, 0.3) is 0 Å². The van der Waals surface area contributed by atoms with Gasteiger partial charge in [-0.3, -0.25) is 4.90 Å². The van der Waals surface area contributed by atoms with Gasteiger partial charge in [0.05, 0.1) is 5.69 Å². The van der Waals surface area contributed by atoms with Crippen LogP contribution in [0.15, 0.2) is 35.0 Å². The summed E-state index contributed by atoms with van der Waals surface area (Å²) in [6, 6.07) is 6.68. The second-order valence-electron chi connectivity index (χ2n) is 7.89. The van der Waals surface area contributed by atoms with Gasteiger partial charge in [-0.25, -0.2) is 14.4 Å². The number of rotatable bonds is 4. The van der Waals surface area contributed by atoms with E-state index >= 15 is 0 Å². The van der Waals surface area contributed by atoms with E-state index in [1.54, 1.807) is 18.3 Å². The third kappa shape index (κ3) is 3.48. The van der Waals surface area contributed by atoms with Gasteiger partial charge in [0.1, 0.15) is 11.9 Å². The summed E-state index contributed by atoms with van der Waals surface area (Å²) in [4.78, 5) is 18.2. The number of aryl methyl sites for hydroxylation is 1. The molecule has 2 aliphatic rings. The van der Waals surface area contributed by atoms with Crippen LogP contribution in [0.2, 0.25) is 0 Å². The number of piperazine rings is 1. The summed E-state index contributed by atoms with van der Waals surface area (Å²) in [6.07, 6.45) is 4.04. The minimum Gasteiger partial charge on any atom is -0.338 e. The van der Waals surface area contributed by atoms with Crippen molar-refractivity contribution >= 4 is 5.95 Å². The molecule has 1 aromatic carbocycles. The third-order valence-electron chi connectivity index (χ3n) is 5.70. The molecule has 2 fully saturated rings. The predicted molar refractivity (Wildman–Crippen MR) is 106 cm³/mol. The number of likely N-dealkylation sites (N-methyl/N-ethyl adjacent to an activating group) is 1. The minimum atomic E-state index is -0.282. The Morgan fingerprint density at radius 3 is 2.76 bits per heavy atom. The van der Waals surface area contributed by atoms with Crippen molar-refractivity contribution in [1.29, 1.82) is 0 Å². The van der Waals surface area contributed by atoms with Gasteiger partial charge < -0.3 is 9.42 Å². The second kappa shape index (κ2) is 7.18. The number of benzene rings is 1. The highest BCUT2D eigenvalue weighted by Gasteiger charge is 2.34. The summed E-state index contributed by atoms with van der Waals surface area (Å²) in [5.41, 5.74) is 1.96. The second-order valence-corrected chi connectivity index (χ2v) is 7.89. The maximum Gasteiger partial charge on any atom is 0.245 e. The fourth-order valence-corrected chi connectivity index (χ4v) is 3.72. The molecule has 3 heterocycles. The highest BCUT2D eigenvalue weighted by atomic mass is 19.1. The molecule has 1 saturated heterocycles. The lowest BCUT2D eigenvalue weighted by Gasteiger charge is -2.37. The van der Waals surface area contributed by atoms with Crippen molar-refractivity contribution in [2.75, 3.05) is 31.6 Å². The Labute approximate surface area is 168 Å². The third-order valence-corrected chi connectivity index (χ3v) is 5.70. The van der Waals surface area contributed by atoms with Crippen molar-refractivity contribution in [1.82, 2.24) is 25.0 Å². The molecule has 29 heavy (non-hydrogen) atoms. The normalized spacial score (nSPS) is 20.2. The van der Waals surface area contributed by atoms with Crippen LogP contribution in [0.5, 0.6) is 0 Å². The van der Waals surface area contributed by atoms with Gasteiger partial charge in [-0.1, -0.05) is 17.3 Å². The average molecular weight is 394 g/mol. The zero-order valence-corrected chi connectivity index (χ0v) is 16.5. The molecule has 0 radical (unpaired) electrons. The number of aromatic nitrogens is 4. The summed E-state index contributed by atoms with van der Waals surface area (Å²) in [5.74, 6) is 2.23. The lowest BCUT2D eigenvalue weighted by Crippen LogP contribution is -2.47. The fraction of sp³-hybridized carbons (Fsp3) is 0.429. The molecule has 8 heteroatoms. The lowest BCUT2D eigenvalue weighted by atomic mass is 10.1. The summed E-state index contributed by atoms with van der Waals surface area (Å²) < 4.78 is 19.9. The van der Waals surface area contributed by atoms with Gasteiger partial charge in [0.2, 0.25) is 11.8 Å². The molecule has 1 atom stereocenters. The number of hydrogen-bond acceptors (Lipinski definition) is 7. The summed E-state index contributed by atoms with van der Waals surface area (Å²) in [5, 5.41) is 4.16. The molecule has 1 unspecified atom stereocenters. The van der Waals surface area contributed by atoms with E-state index in [1.807, 2.05) is 13.0 Å². The monoisotopic (exact) mass is 394 g/mol. The molecule has 0 N–H and O–H groups in total. The fourth-order valence-electron chi connectivity index (χ4n) is 3.72. The van der Waals surface area contributed by atoms with Gasteiger partial charge in [0, 0.05) is 37.3 Å². The topological polar surface area (TPSA) is 71.2 Å². The van der Waals surface area contributed by atoms with Crippen molar-refractivity contribution in [2.24, 2.45) is 0 Å². The average Bonchev–Trinajstić information content (AvgIpc) is 3.47. The molecule has 0 bridgehead atoms. The quantitative estimate of drug-likeness (QED) is 0.672. The van der Waals surface area contributed by atoms with Crippen LogP contribution >= 0.6 is 0 Å². The highest BCUT2D eigenvalue weighted by molar-refractivity contribution is 5.64. The molecule has 2 aromatic heterocycles. The Morgan fingerprint density at radius 2 is 1.97 bits per heavy atom. The predicted octanol–water partition coefficient (Wildman–Crippen LogP) is 3.34. The van der Waals surface area contributed by atoms with Crippen LogP contribution in [0.1, 0.15) is 42.1 Å². The Balaban J connectivity index is 1.43. The molecule has 7 nitrogen and oxygen atoms in total. The van der Waals surface area contributed by atoms with E-state index in [0.717, 1.165) is 37.3 Å². The number of hydrogen-bond donors (Lipinski definition) is 0. The molecular formula is C21H23FN6O. The Kier molecular flexibility index (Phi) is 4.50. The van der Waals surface area contributed by atoms with Crippen molar-refractivity contribution in [2.45, 2.75) is 31.7 Å². The Bertz CT molecular complexity index is 1030. The molecule has 5 rings (SSSR count). The van der Waals surface area contributed by atoms with Crippen LogP contribution < -0.4 is 4.90 Å². The maximum absolute atomic E-state index is 14.3. The Morgan fingerprint density at radius 1 is 1.14 bits per heavy atom. The Hall–Kier alpha value is -2.87. The first-order valence-electron chi connectivity index (χ1n) is 9.97. The molecule has 1 aliphatic heterocycles. The molecule has 3 aromatic rings. The first kappa shape index (κ1) is 18.2. The number of nitrogens with zero attached hydrogens (tertiary/aromatic N) is 6. The maximum atomic E-state index is 14.3. The van der Waals surface area contributed by atoms with Crippen molar-refractivity contribution in [3.05, 3.63) is 53.6 Å². The van der Waals surface area contributed by atoms with E-state index < -0.39 is 0 Å². The van der Waals surface area contributed by atoms with E-state index in [2.05, 4.69) is 32.0 Å². The molecule has 1 aliphatic carbocycles.